The van der Waals surface area contributed by atoms with Crippen molar-refractivity contribution in [1.29, 1.82) is 0 Å². The summed E-state index contributed by atoms with van der Waals surface area (Å²) in [5, 5.41) is 6.53. The van der Waals surface area contributed by atoms with Gasteiger partial charge in [-0.15, -0.1) is 12.4 Å². The third-order valence-corrected chi connectivity index (χ3v) is 3.11. The van der Waals surface area contributed by atoms with Crippen molar-refractivity contribution in [1.82, 2.24) is 10.6 Å². The molecule has 2 bridgehead atoms. The lowest BCUT2D eigenvalue weighted by molar-refractivity contribution is -0.121. The van der Waals surface area contributed by atoms with Crippen LogP contribution in [0.5, 0.6) is 0 Å². The molecular weight excluding hydrogens is 188 g/mol. The molecule has 4 heteroatoms. The second-order valence-electron chi connectivity index (χ2n) is 4.12. The third kappa shape index (κ3) is 2.15. The van der Waals surface area contributed by atoms with Gasteiger partial charge in [0.25, 0.3) is 0 Å². The van der Waals surface area contributed by atoms with E-state index in [0.717, 1.165) is 25.4 Å². The molecule has 0 aromatic heterocycles. The van der Waals surface area contributed by atoms with E-state index in [2.05, 4.69) is 10.6 Å². The van der Waals surface area contributed by atoms with E-state index < -0.39 is 0 Å². The summed E-state index contributed by atoms with van der Waals surface area (Å²) in [6, 6.07) is 0.723. The van der Waals surface area contributed by atoms with Crippen molar-refractivity contribution >= 4 is 18.3 Å². The van der Waals surface area contributed by atoms with Crippen molar-refractivity contribution in [3.8, 4) is 0 Å². The molecule has 1 saturated carbocycles. The highest BCUT2D eigenvalue weighted by Gasteiger charge is 2.40. The highest BCUT2D eigenvalue weighted by atomic mass is 35.5. The Morgan fingerprint density at radius 1 is 1.46 bits per heavy atom. The lowest BCUT2D eigenvalue weighted by Gasteiger charge is -2.47. The number of piperidine rings is 2. The molecule has 0 aromatic rings. The highest BCUT2D eigenvalue weighted by molar-refractivity contribution is 5.85. The third-order valence-electron chi connectivity index (χ3n) is 3.11. The van der Waals surface area contributed by atoms with Crippen molar-refractivity contribution < 1.29 is 4.79 Å². The zero-order valence-electron chi connectivity index (χ0n) is 7.93. The molecule has 1 aliphatic carbocycles. The van der Waals surface area contributed by atoms with Gasteiger partial charge in [-0.1, -0.05) is 0 Å². The van der Waals surface area contributed by atoms with E-state index in [-0.39, 0.29) is 23.9 Å². The zero-order chi connectivity index (χ0) is 8.60. The number of hydrogen-bond acceptors (Lipinski definition) is 2. The van der Waals surface area contributed by atoms with Crippen LogP contribution in [0.2, 0.25) is 0 Å². The number of rotatable bonds is 1. The number of halogens is 1. The lowest BCUT2D eigenvalue weighted by Crippen LogP contribution is -2.63. The van der Waals surface area contributed by atoms with E-state index in [1.807, 2.05) is 0 Å². The van der Waals surface area contributed by atoms with E-state index >= 15 is 0 Å². The van der Waals surface area contributed by atoms with Crippen LogP contribution in [0, 0.1) is 0 Å². The van der Waals surface area contributed by atoms with Crippen molar-refractivity contribution in [2.45, 2.75) is 44.2 Å². The second-order valence-corrected chi connectivity index (χ2v) is 4.12. The standard InChI is InChI=1S/C9H16N2O.ClH/c1-7(12)11-9-4-2-8(3-5-9)10-6-9;/h8,10H,2-6H2,1H3,(H,11,12);1H. The van der Waals surface area contributed by atoms with Gasteiger partial charge in [-0.25, -0.2) is 0 Å². The molecule has 2 aliphatic heterocycles. The monoisotopic (exact) mass is 204 g/mol. The van der Waals surface area contributed by atoms with Crippen LogP contribution in [-0.2, 0) is 4.79 Å². The predicted molar refractivity (Wildman–Crippen MR) is 54.1 cm³/mol. The van der Waals surface area contributed by atoms with Crippen LogP contribution < -0.4 is 10.6 Å². The molecule has 3 rings (SSSR count). The van der Waals surface area contributed by atoms with Gasteiger partial charge < -0.3 is 10.6 Å². The highest BCUT2D eigenvalue weighted by Crippen LogP contribution is 2.32. The Balaban J connectivity index is 0.000000845. The van der Waals surface area contributed by atoms with Gasteiger partial charge in [0.15, 0.2) is 0 Å². The number of hydrogen-bond donors (Lipinski definition) is 2. The summed E-state index contributed by atoms with van der Waals surface area (Å²) in [7, 11) is 0. The first-order chi connectivity index (χ1) is 5.70. The molecular formula is C9H17ClN2O. The Bertz CT molecular complexity index is 186. The molecule has 0 unspecified atom stereocenters. The molecule has 3 nitrogen and oxygen atoms in total. The first kappa shape index (κ1) is 10.8. The van der Waals surface area contributed by atoms with Crippen molar-refractivity contribution in [3.63, 3.8) is 0 Å². The van der Waals surface area contributed by atoms with Crippen LogP contribution in [0.1, 0.15) is 32.6 Å². The minimum atomic E-state index is 0. The maximum Gasteiger partial charge on any atom is 0.217 e. The van der Waals surface area contributed by atoms with Crippen LogP contribution in [0.4, 0.5) is 0 Å². The SMILES string of the molecule is CC(=O)NC12CCC(CC1)NC2.Cl. The molecule has 3 aliphatic rings. The average molecular weight is 205 g/mol. The number of carbonyl (C=O) groups is 1. The first-order valence-electron chi connectivity index (χ1n) is 4.72. The Morgan fingerprint density at radius 2 is 2.08 bits per heavy atom. The van der Waals surface area contributed by atoms with Gasteiger partial charge in [0.05, 0.1) is 5.54 Å². The molecule has 1 amide bonds. The second kappa shape index (κ2) is 3.84. The fraction of sp³-hybridized carbons (Fsp3) is 0.889. The van der Waals surface area contributed by atoms with E-state index in [0.29, 0.717) is 0 Å². The van der Waals surface area contributed by atoms with Crippen LogP contribution >= 0.6 is 12.4 Å². The maximum absolute atomic E-state index is 11.0. The summed E-state index contributed by atoms with van der Waals surface area (Å²) in [5.41, 5.74) is 0.0978. The molecule has 0 radical (unpaired) electrons. The topological polar surface area (TPSA) is 41.1 Å². The Hall–Kier alpha value is -0.280. The summed E-state index contributed by atoms with van der Waals surface area (Å²) < 4.78 is 0. The minimum Gasteiger partial charge on any atom is -0.350 e. The van der Waals surface area contributed by atoms with Gasteiger partial charge >= 0.3 is 0 Å². The van der Waals surface area contributed by atoms with E-state index in [9.17, 15) is 4.79 Å². The molecule has 13 heavy (non-hydrogen) atoms. The van der Waals surface area contributed by atoms with E-state index in [1.165, 1.54) is 12.8 Å². The normalized spacial score (nSPS) is 36.5. The van der Waals surface area contributed by atoms with Gasteiger partial charge in [0, 0.05) is 19.5 Å². The summed E-state index contributed by atoms with van der Waals surface area (Å²) >= 11 is 0. The van der Waals surface area contributed by atoms with Crippen molar-refractivity contribution in [2.75, 3.05) is 6.54 Å². The van der Waals surface area contributed by atoms with Crippen molar-refractivity contribution in [2.24, 2.45) is 0 Å². The van der Waals surface area contributed by atoms with E-state index in [1.54, 1.807) is 6.92 Å². The predicted octanol–water partition coefficient (Wildman–Crippen LogP) is 0.829. The number of nitrogens with one attached hydrogen (secondary N) is 2. The number of carbonyl (C=O) groups excluding carboxylic acids is 1. The summed E-state index contributed by atoms with van der Waals surface area (Å²) in [5.74, 6) is 0.108. The minimum absolute atomic E-state index is 0. The van der Waals surface area contributed by atoms with Crippen LogP contribution in [0.25, 0.3) is 0 Å². The van der Waals surface area contributed by atoms with Gasteiger partial charge in [-0.3, -0.25) is 4.79 Å². The van der Waals surface area contributed by atoms with Crippen LogP contribution in [0.15, 0.2) is 0 Å². The van der Waals surface area contributed by atoms with Gasteiger partial charge in [-0.2, -0.15) is 0 Å². The average Bonchev–Trinajstić information content (AvgIpc) is 2.05. The molecule has 2 saturated heterocycles. The molecule has 76 valence electrons. The fourth-order valence-corrected chi connectivity index (χ4v) is 2.43. The van der Waals surface area contributed by atoms with Crippen molar-refractivity contribution in [3.05, 3.63) is 0 Å². The smallest absolute Gasteiger partial charge is 0.217 e. The summed E-state index contributed by atoms with van der Waals surface area (Å²) in [6.45, 7) is 2.58. The lowest BCUT2D eigenvalue weighted by atomic mass is 9.75. The molecule has 3 fully saturated rings. The summed E-state index contributed by atoms with van der Waals surface area (Å²) in [6.07, 6.45) is 4.76. The number of amides is 1. The summed E-state index contributed by atoms with van der Waals surface area (Å²) in [4.78, 5) is 11.0. The molecule has 0 atom stereocenters. The molecule has 0 spiro atoms. The number of fused-ring (bicyclic) bond motifs is 3. The van der Waals surface area contributed by atoms with Gasteiger partial charge in [0.2, 0.25) is 5.91 Å². The van der Waals surface area contributed by atoms with Crippen LogP contribution in [0.3, 0.4) is 0 Å². The van der Waals surface area contributed by atoms with Gasteiger partial charge in [0.1, 0.15) is 0 Å². The largest absolute Gasteiger partial charge is 0.350 e. The Labute approximate surface area is 85.1 Å². The van der Waals surface area contributed by atoms with Crippen LogP contribution in [-0.4, -0.2) is 24.0 Å². The zero-order valence-corrected chi connectivity index (χ0v) is 8.75. The Kier molecular flexibility index (Phi) is 3.19. The molecule has 2 N–H and O–H groups in total. The van der Waals surface area contributed by atoms with E-state index in [4.69, 9.17) is 0 Å². The first-order valence-corrected chi connectivity index (χ1v) is 4.72. The fourth-order valence-electron chi connectivity index (χ4n) is 2.43. The maximum atomic E-state index is 11.0. The molecule has 0 aromatic carbocycles. The quantitative estimate of drug-likeness (QED) is 0.665. The molecule has 2 heterocycles. The Morgan fingerprint density at radius 3 is 2.46 bits per heavy atom. The van der Waals surface area contributed by atoms with Gasteiger partial charge in [-0.05, 0) is 25.7 Å².